The van der Waals surface area contributed by atoms with Crippen LogP contribution in [0.1, 0.15) is 16.3 Å². The molecule has 0 radical (unpaired) electrons. The molecule has 0 unspecified atom stereocenters. The van der Waals surface area contributed by atoms with Crippen molar-refractivity contribution < 1.29 is 13.6 Å². The van der Waals surface area contributed by atoms with E-state index in [0.29, 0.717) is 44.4 Å². The molecule has 3 aromatic rings. The van der Waals surface area contributed by atoms with Gasteiger partial charge in [0.25, 0.3) is 5.91 Å². The van der Waals surface area contributed by atoms with Crippen molar-refractivity contribution in [1.29, 1.82) is 0 Å². The van der Waals surface area contributed by atoms with Crippen molar-refractivity contribution in [3.05, 3.63) is 54.5 Å². The minimum atomic E-state index is -0.0868. The van der Waals surface area contributed by atoms with Gasteiger partial charge in [0.2, 0.25) is 5.95 Å². The van der Waals surface area contributed by atoms with E-state index < -0.39 is 0 Å². The minimum Gasteiger partial charge on any atom is -0.467 e. The number of piperazine rings is 1. The zero-order valence-corrected chi connectivity index (χ0v) is 14.0. The van der Waals surface area contributed by atoms with Crippen molar-refractivity contribution in [2.24, 2.45) is 0 Å². The lowest BCUT2D eigenvalue weighted by atomic mass is 10.3. The van der Waals surface area contributed by atoms with Crippen molar-refractivity contribution in [2.45, 2.75) is 6.54 Å². The van der Waals surface area contributed by atoms with E-state index in [0.717, 1.165) is 11.6 Å². The third-order valence-electron chi connectivity index (χ3n) is 4.17. The smallest absolute Gasteiger partial charge is 0.289 e. The number of carbonyl (C=O) groups excluding carboxylic acids is 1. The fraction of sp³-hybridized carbons (Fsp3) is 0.294. The number of nitrogens with one attached hydrogen (secondary N) is 1. The number of amides is 1. The molecule has 1 fully saturated rings. The van der Waals surface area contributed by atoms with E-state index in [-0.39, 0.29) is 5.91 Å². The van der Waals surface area contributed by atoms with E-state index >= 15 is 0 Å². The van der Waals surface area contributed by atoms with Gasteiger partial charge in [-0.3, -0.25) is 4.79 Å². The Hall–Kier alpha value is -3.36. The van der Waals surface area contributed by atoms with Crippen molar-refractivity contribution in [3.63, 3.8) is 0 Å². The number of anilines is 2. The van der Waals surface area contributed by atoms with Crippen molar-refractivity contribution in [1.82, 2.24) is 20.1 Å². The molecule has 1 amide bonds. The molecule has 0 bridgehead atoms. The van der Waals surface area contributed by atoms with E-state index in [4.69, 9.17) is 8.83 Å². The molecule has 1 saturated heterocycles. The van der Waals surface area contributed by atoms with Crippen LogP contribution in [0.3, 0.4) is 0 Å². The van der Waals surface area contributed by atoms with Gasteiger partial charge < -0.3 is 24.0 Å². The first-order valence-corrected chi connectivity index (χ1v) is 8.33. The molecular formula is C17H18N6O3. The standard InChI is InChI=1S/C17H18N6O3/c24-16(14-4-2-10-26-14)23-7-5-22(6-8-23)15-12-19-21-17(20-15)18-11-13-3-1-9-25-13/h1-4,9-10,12H,5-8,11H2,(H,18,20,21). The van der Waals surface area contributed by atoms with Gasteiger partial charge in [0.05, 0.1) is 25.3 Å². The van der Waals surface area contributed by atoms with Crippen molar-refractivity contribution in [2.75, 3.05) is 36.4 Å². The fourth-order valence-electron chi connectivity index (χ4n) is 2.80. The third-order valence-corrected chi connectivity index (χ3v) is 4.17. The Morgan fingerprint density at radius 1 is 1.12 bits per heavy atom. The van der Waals surface area contributed by atoms with Crippen LogP contribution in [-0.2, 0) is 6.54 Å². The van der Waals surface area contributed by atoms with Crippen LogP contribution in [0.15, 0.2) is 51.8 Å². The number of hydrogen-bond acceptors (Lipinski definition) is 8. The van der Waals surface area contributed by atoms with Gasteiger partial charge in [0.1, 0.15) is 5.76 Å². The van der Waals surface area contributed by atoms with Gasteiger partial charge in [0.15, 0.2) is 11.6 Å². The van der Waals surface area contributed by atoms with Gasteiger partial charge >= 0.3 is 0 Å². The van der Waals surface area contributed by atoms with Gasteiger partial charge in [-0.25, -0.2) is 0 Å². The van der Waals surface area contributed by atoms with Gasteiger partial charge in [-0.2, -0.15) is 10.1 Å². The van der Waals surface area contributed by atoms with E-state index in [9.17, 15) is 4.79 Å². The average Bonchev–Trinajstić information content (AvgIpc) is 3.40. The number of carbonyl (C=O) groups is 1. The van der Waals surface area contributed by atoms with Crippen LogP contribution in [0.25, 0.3) is 0 Å². The quantitative estimate of drug-likeness (QED) is 0.738. The number of aromatic nitrogens is 3. The number of rotatable bonds is 5. The second-order valence-corrected chi connectivity index (χ2v) is 5.83. The van der Waals surface area contributed by atoms with Gasteiger partial charge in [-0.05, 0) is 24.3 Å². The van der Waals surface area contributed by atoms with E-state index in [1.807, 2.05) is 12.1 Å². The summed E-state index contributed by atoms with van der Waals surface area (Å²) in [6.45, 7) is 3.02. The van der Waals surface area contributed by atoms with Crippen LogP contribution < -0.4 is 10.2 Å². The van der Waals surface area contributed by atoms with Crippen molar-refractivity contribution in [3.8, 4) is 0 Å². The van der Waals surface area contributed by atoms with Crippen LogP contribution in [0.2, 0.25) is 0 Å². The SMILES string of the molecule is O=C(c1ccco1)N1CCN(c2cnnc(NCc3ccco3)n2)CC1. The zero-order valence-electron chi connectivity index (χ0n) is 14.0. The first-order valence-electron chi connectivity index (χ1n) is 8.33. The highest BCUT2D eigenvalue weighted by Gasteiger charge is 2.24. The summed E-state index contributed by atoms with van der Waals surface area (Å²) in [4.78, 5) is 20.7. The average molecular weight is 354 g/mol. The first kappa shape index (κ1) is 16.1. The Bertz CT molecular complexity index is 841. The van der Waals surface area contributed by atoms with Crippen molar-refractivity contribution >= 4 is 17.7 Å². The number of furan rings is 2. The first-order chi connectivity index (χ1) is 12.8. The molecule has 0 saturated carbocycles. The second-order valence-electron chi connectivity index (χ2n) is 5.83. The fourth-order valence-corrected chi connectivity index (χ4v) is 2.80. The Labute approximate surface area is 149 Å². The molecule has 1 aliphatic heterocycles. The number of hydrogen-bond donors (Lipinski definition) is 1. The second kappa shape index (κ2) is 7.26. The lowest BCUT2D eigenvalue weighted by Crippen LogP contribution is -2.49. The van der Waals surface area contributed by atoms with Crippen LogP contribution in [0.4, 0.5) is 11.8 Å². The molecule has 1 N–H and O–H groups in total. The summed E-state index contributed by atoms with van der Waals surface area (Å²) in [6.07, 6.45) is 4.76. The van der Waals surface area contributed by atoms with Crippen LogP contribution in [0, 0.1) is 0 Å². The molecule has 0 aromatic carbocycles. The Morgan fingerprint density at radius 2 is 1.92 bits per heavy atom. The largest absolute Gasteiger partial charge is 0.467 e. The molecule has 1 aliphatic rings. The summed E-state index contributed by atoms with van der Waals surface area (Å²) in [7, 11) is 0. The van der Waals surface area contributed by atoms with Crippen LogP contribution in [0.5, 0.6) is 0 Å². The summed E-state index contributed by atoms with van der Waals surface area (Å²) >= 11 is 0. The summed E-state index contributed by atoms with van der Waals surface area (Å²) in [5, 5.41) is 11.1. The van der Waals surface area contributed by atoms with E-state index in [1.54, 1.807) is 29.5 Å². The maximum absolute atomic E-state index is 12.3. The van der Waals surface area contributed by atoms with Gasteiger partial charge in [-0.15, -0.1) is 5.10 Å². The molecule has 4 heterocycles. The van der Waals surface area contributed by atoms with Crippen LogP contribution >= 0.6 is 0 Å². The monoisotopic (exact) mass is 354 g/mol. The molecule has 0 spiro atoms. The Morgan fingerprint density at radius 3 is 2.65 bits per heavy atom. The Kier molecular flexibility index (Phi) is 4.50. The summed E-state index contributed by atoms with van der Waals surface area (Å²) in [6, 6.07) is 7.10. The normalized spacial score (nSPS) is 14.5. The molecule has 9 heteroatoms. The summed E-state index contributed by atoms with van der Waals surface area (Å²) in [5.41, 5.74) is 0. The molecule has 0 atom stereocenters. The van der Waals surface area contributed by atoms with E-state index in [1.165, 1.54) is 6.26 Å². The molecule has 26 heavy (non-hydrogen) atoms. The van der Waals surface area contributed by atoms with E-state index in [2.05, 4.69) is 25.4 Å². The molecule has 3 aromatic heterocycles. The Balaban J connectivity index is 1.35. The predicted octanol–water partition coefficient (Wildman–Crippen LogP) is 1.63. The third kappa shape index (κ3) is 3.51. The predicted molar refractivity (Wildman–Crippen MR) is 92.7 cm³/mol. The molecular weight excluding hydrogens is 336 g/mol. The number of nitrogens with zero attached hydrogens (tertiary/aromatic N) is 5. The molecule has 0 aliphatic carbocycles. The maximum atomic E-state index is 12.3. The summed E-state index contributed by atoms with van der Waals surface area (Å²) in [5.74, 6) is 2.24. The highest BCUT2D eigenvalue weighted by molar-refractivity contribution is 5.91. The highest BCUT2D eigenvalue weighted by atomic mass is 16.3. The maximum Gasteiger partial charge on any atom is 0.289 e. The molecule has 134 valence electrons. The molecule has 9 nitrogen and oxygen atoms in total. The lowest BCUT2D eigenvalue weighted by molar-refractivity contribution is 0.0714. The highest BCUT2D eigenvalue weighted by Crippen LogP contribution is 2.16. The topological polar surface area (TPSA) is 101 Å². The van der Waals surface area contributed by atoms with Gasteiger partial charge in [0, 0.05) is 26.2 Å². The lowest BCUT2D eigenvalue weighted by Gasteiger charge is -2.34. The van der Waals surface area contributed by atoms with Gasteiger partial charge in [-0.1, -0.05) is 0 Å². The molecule has 4 rings (SSSR count). The summed E-state index contributed by atoms with van der Waals surface area (Å²) < 4.78 is 10.5. The van der Waals surface area contributed by atoms with Crippen LogP contribution in [-0.4, -0.2) is 52.2 Å². The minimum absolute atomic E-state index is 0.0868. The zero-order chi connectivity index (χ0) is 17.8.